The highest BCUT2D eigenvalue weighted by atomic mass is 19.1. The van der Waals surface area contributed by atoms with Crippen LogP contribution < -0.4 is 4.90 Å². The van der Waals surface area contributed by atoms with E-state index in [1.165, 1.54) is 34.9 Å². The molecule has 1 N–H and O–H groups in total. The fourth-order valence-corrected chi connectivity index (χ4v) is 4.91. The molecular formula is C28H24FNO3. The lowest BCUT2D eigenvalue weighted by Gasteiger charge is -2.23. The Balaban J connectivity index is 1.33. The molecule has 2 aliphatic rings. The molecule has 33 heavy (non-hydrogen) atoms. The summed E-state index contributed by atoms with van der Waals surface area (Å²) in [4.78, 5) is 27.8. The number of hydrogen-bond donors (Lipinski definition) is 1. The van der Waals surface area contributed by atoms with Crippen molar-refractivity contribution >= 4 is 23.0 Å². The van der Waals surface area contributed by atoms with E-state index in [0.717, 1.165) is 25.3 Å². The molecule has 0 unspecified atom stereocenters. The third kappa shape index (κ3) is 3.79. The van der Waals surface area contributed by atoms with Gasteiger partial charge in [0.1, 0.15) is 5.82 Å². The average molecular weight is 442 g/mol. The predicted molar refractivity (Wildman–Crippen MR) is 125 cm³/mol. The van der Waals surface area contributed by atoms with Crippen LogP contribution in [-0.2, 0) is 16.8 Å². The fourth-order valence-electron chi connectivity index (χ4n) is 4.91. The van der Waals surface area contributed by atoms with Gasteiger partial charge >= 0.3 is 0 Å². The minimum absolute atomic E-state index is 0.138. The molecule has 1 atom stereocenters. The molecule has 5 rings (SSSR count). The first-order valence-corrected chi connectivity index (χ1v) is 11.2. The SMILES string of the molecule is O=C(C[C@]1(O)C(=O)N(CCCC2=CCc3ccccc32)c2ccccc21)c1cccc(F)c1. The zero-order valence-electron chi connectivity index (χ0n) is 18.1. The number of carbonyl (C=O) groups excluding carboxylic acids is 2. The highest BCUT2D eigenvalue weighted by molar-refractivity contribution is 6.10. The third-order valence-corrected chi connectivity index (χ3v) is 6.56. The summed E-state index contributed by atoms with van der Waals surface area (Å²) in [6.45, 7) is 0.436. The van der Waals surface area contributed by atoms with Crippen molar-refractivity contribution in [3.05, 3.63) is 107 Å². The van der Waals surface area contributed by atoms with Gasteiger partial charge in [0.2, 0.25) is 0 Å². The van der Waals surface area contributed by atoms with E-state index in [-0.39, 0.29) is 5.56 Å². The molecule has 0 radical (unpaired) electrons. The molecule has 0 saturated carbocycles. The molecular weight excluding hydrogens is 417 g/mol. The van der Waals surface area contributed by atoms with Crippen LogP contribution in [0.4, 0.5) is 10.1 Å². The molecule has 3 aromatic carbocycles. The Kier molecular flexibility index (Phi) is 5.43. The van der Waals surface area contributed by atoms with Gasteiger partial charge in [-0.1, -0.05) is 60.7 Å². The monoisotopic (exact) mass is 441 g/mol. The number of aliphatic hydroxyl groups is 1. The van der Waals surface area contributed by atoms with Crippen LogP contribution in [0.2, 0.25) is 0 Å². The van der Waals surface area contributed by atoms with E-state index in [4.69, 9.17) is 0 Å². The smallest absolute Gasteiger partial charge is 0.264 e. The Bertz CT molecular complexity index is 1280. The van der Waals surface area contributed by atoms with Gasteiger partial charge in [-0.3, -0.25) is 9.59 Å². The zero-order valence-corrected chi connectivity index (χ0v) is 18.1. The second kappa shape index (κ2) is 8.41. The molecule has 1 aliphatic heterocycles. The van der Waals surface area contributed by atoms with E-state index in [2.05, 4.69) is 18.2 Å². The average Bonchev–Trinajstić information content (AvgIpc) is 3.32. The van der Waals surface area contributed by atoms with Crippen molar-refractivity contribution in [2.75, 3.05) is 11.4 Å². The number of fused-ring (bicyclic) bond motifs is 2. The number of nitrogens with zero attached hydrogens (tertiary/aromatic N) is 1. The van der Waals surface area contributed by atoms with Gasteiger partial charge in [0.25, 0.3) is 5.91 Å². The molecule has 5 heteroatoms. The lowest BCUT2D eigenvalue weighted by atomic mass is 9.88. The van der Waals surface area contributed by atoms with Crippen LogP contribution in [0.15, 0.2) is 78.9 Å². The van der Waals surface area contributed by atoms with Crippen LogP contribution in [0.5, 0.6) is 0 Å². The first-order chi connectivity index (χ1) is 16.0. The first-order valence-electron chi connectivity index (χ1n) is 11.2. The molecule has 0 aromatic heterocycles. The van der Waals surface area contributed by atoms with Crippen molar-refractivity contribution < 1.29 is 19.1 Å². The first kappa shape index (κ1) is 21.3. The molecule has 0 spiro atoms. The van der Waals surface area contributed by atoms with Crippen molar-refractivity contribution in [3.63, 3.8) is 0 Å². The predicted octanol–water partition coefficient (Wildman–Crippen LogP) is 5.05. The zero-order chi connectivity index (χ0) is 23.0. The molecule has 0 bridgehead atoms. The number of rotatable bonds is 7. The molecule has 0 fully saturated rings. The van der Waals surface area contributed by atoms with Gasteiger partial charge < -0.3 is 10.0 Å². The quantitative estimate of drug-likeness (QED) is 0.522. The Morgan fingerprint density at radius 1 is 1.03 bits per heavy atom. The van der Waals surface area contributed by atoms with Gasteiger partial charge in [0.05, 0.1) is 12.1 Å². The summed E-state index contributed by atoms with van der Waals surface area (Å²) in [5.74, 6) is -1.51. The van der Waals surface area contributed by atoms with E-state index < -0.39 is 29.5 Å². The summed E-state index contributed by atoms with van der Waals surface area (Å²) in [5, 5.41) is 11.4. The van der Waals surface area contributed by atoms with Crippen LogP contribution >= 0.6 is 0 Å². The molecule has 0 saturated heterocycles. The number of hydrogen-bond acceptors (Lipinski definition) is 3. The summed E-state index contributed by atoms with van der Waals surface area (Å²) < 4.78 is 13.6. The number of halogens is 1. The molecule has 1 aliphatic carbocycles. The second-order valence-corrected chi connectivity index (χ2v) is 8.64. The number of amides is 1. The van der Waals surface area contributed by atoms with Gasteiger partial charge in [-0.2, -0.15) is 0 Å². The number of benzene rings is 3. The van der Waals surface area contributed by atoms with Crippen LogP contribution in [0.25, 0.3) is 5.57 Å². The highest BCUT2D eigenvalue weighted by Crippen LogP contribution is 2.43. The maximum Gasteiger partial charge on any atom is 0.264 e. The Morgan fingerprint density at radius 3 is 2.67 bits per heavy atom. The van der Waals surface area contributed by atoms with Gasteiger partial charge in [0, 0.05) is 17.7 Å². The van der Waals surface area contributed by atoms with Crippen molar-refractivity contribution in [1.82, 2.24) is 0 Å². The molecule has 166 valence electrons. The molecule has 3 aromatic rings. The minimum Gasteiger partial charge on any atom is -0.375 e. The maximum absolute atomic E-state index is 13.6. The number of para-hydroxylation sites is 1. The largest absolute Gasteiger partial charge is 0.375 e. The summed E-state index contributed by atoms with van der Waals surface area (Å²) in [6.07, 6.45) is 4.29. The summed E-state index contributed by atoms with van der Waals surface area (Å²) in [5.41, 5.74) is 3.09. The van der Waals surface area contributed by atoms with Crippen molar-refractivity contribution in [1.29, 1.82) is 0 Å². The standard InChI is InChI=1S/C28H24FNO3/c29-22-10-5-8-21(17-22)26(31)18-28(33)24-12-3-4-13-25(24)30(27(28)32)16-6-9-20-15-14-19-7-1-2-11-23(19)20/h1-5,7-8,10-13,15,17,33H,6,9,14,16,18H2/t28-/m1/s1. The van der Waals surface area contributed by atoms with Crippen molar-refractivity contribution in [2.24, 2.45) is 0 Å². The van der Waals surface area contributed by atoms with Crippen LogP contribution in [-0.4, -0.2) is 23.3 Å². The second-order valence-electron chi connectivity index (χ2n) is 8.64. The maximum atomic E-state index is 13.6. The Morgan fingerprint density at radius 2 is 1.82 bits per heavy atom. The number of anilines is 1. The number of allylic oxidation sites excluding steroid dienone is 2. The fraction of sp³-hybridized carbons (Fsp3) is 0.214. The summed E-state index contributed by atoms with van der Waals surface area (Å²) in [6, 6.07) is 20.7. The minimum atomic E-state index is -1.96. The normalized spacial score (nSPS) is 18.8. The van der Waals surface area contributed by atoms with Gasteiger partial charge in [0.15, 0.2) is 11.4 Å². The van der Waals surface area contributed by atoms with Crippen molar-refractivity contribution in [3.8, 4) is 0 Å². The Labute approximate surface area is 192 Å². The number of carbonyl (C=O) groups is 2. The van der Waals surface area contributed by atoms with Gasteiger partial charge in [-0.05, 0) is 54.2 Å². The van der Waals surface area contributed by atoms with E-state index in [1.807, 2.05) is 18.2 Å². The number of Topliss-reactive ketones (excluding diaryl/α,β-unsaturated/α-hetero) is 1. The van der Waals surface area contributed by atoms with E-state index in [0.29, 0.717) is 17.8 Å². The summed E-state index contributed by atoms with van der Waals surface area (Å²) in [7, 11) is 0. The van der Waals surface area contributed by atoms with E-state index in [1.54, 1.807) is 23.1 Å². The van der Waals surface area contributed by atoms with Crippen LogP contribution in [0, 0.1) is 5.82 Å². The van der Waals surface area contributed by atoms with E-state index in [9.17, 15) is 19.1 Å². The number of ketones is 1. The van der Waals surface area contributed by atoms with Crippen LogP contribution in [0.1, 0.15) is 46.3 Å². The summed E-state index contributed by atoms with van der Waals surface area (Å²) >= 11 is 0. The lowest BCUT2D eigenvalue weighted by molar-refractivity contribution is -0.135. The lowest BCUT2D eigenvalue weighted by Crippen LogP contribution is -2.42. The molecule has 4 nitrogen and oxygen atoms in total. The third-order valence-electron chi connectivity index (χ3n) is 6.56. The van der Waals surface area contributed by atoms with Gasteiger partial charge in [-0.25, -0.2) is 4.39 Å². The topological polar surface area (TPSA) is 57.6 Å². The Hall–Kier alpha value is -3.57. The van der Waals surface area contributed by atoms with Crippen LogP contribution in [0.3, 0.4) is 0 Å². The highest BCUT2D eigenvalue weighted by Gasteiger charge is 2.50. The van der Waals surface area contributed by atoms with Crippen molar-refractivity contribution in [2.45, 2.75) is 31.3 Å². The van der Waals surface area contributed by atoms with Gasteiger partial charge in [-0.15, -0.1) is 0 Å². The molecule has 1 amide bonds. The molecule has 1 heterocycles. The van der Waals surface area contributed by atoms with E-state index >= 15 is 0 Å².